The molecule has 0 aliphatic carbocycles. The molecule has 0 amide bonds. The van der Waals surface area contributed by atoms with Crippen LogP contribution in [0.3, 0.4) is 0 Å². The second kappa shape index (κ2) is 3.49. The molecular formula is C8H15N3O3S. The summed E-state index contributed by atoms with van der Waals surface area (Å²) in [5.41, 5.74) is 0.250. The van der Waals surface area contributed by atoms with Crippen LogP contribution in [0.4, 0.5) is 0 Å². The van der Waals surface area contributed by atoms with Gasteiger partial charge in [-0.25, -0.2) is 0 Å². The van der Waals surface area contributed by atoms with Crippen LogP contribution in [0.15, 0.2) is 6.20 Å². The molecule has 6 nitrogen and oxygen atoms in total. The smallest absolute Gasteiger partial charge is 0.367 e. The topological polar surface area (TPSA) is 87.2 Å². The van der Waals surface area contributed by atoms with Gasteiger partial charge in [-0.2, -0.15) is 18.7 Å². The molecule has 0 unspecified atom stereocenters. The third-order valence-corrected chi connectivity index (χ3v) is 2.12. The molecule has 1 rings (SSSR count). The fraction of sp³-hybridized carbons (Fsp3) is 0.625. The van der Waals surface area contributed by atoms with Gasteiger partial charge in [0.2, 0.25) is 0 Å². The highest BCUT2D eigenvalue weighted by Crippen LogP contribution is 2.29. The van der Waals surface area contributed by atoms with Crippen LogP contribution in [0.2, 0.25) is 0 Å². The van der Waals surface area contributed by atoms with Crippen molar-refractivity contribution in [3.8, 4) is 5.75 Å². The van der Waals surface area contributed by atoms with Crippen molar-refractivity contribution in [1.29, 1.82) is 0 Å². The molecular weight excluding hydrogens is 218 g/mol. The number of hydrogen-bond donors (Lipinski definition) is 1. The molecule has 1 aromatic heterocycles. The fourth-order valence-corrected chi connectivity index (χ4v) is 1.54. The highest BCUT2D eigenvalue weighted by Gasteiger charge is 2.25. The van der Waals surface area contributed by atoms with Gasteiger partial charge in [-0.05, 0) is 0 Å². The molecule has 7 heteroatoms. The van der Waals surface area contributed by atoms with Gasteiger partial charge in [0.15, 0.2) is 5.75 Å². The van der Waals surface area contributed by atoms with Crippen molar-refractivity contribution in [1.82, 2.24) is 9.78 Å². The zero-order chi connectivity index (χ0) is 11.9. The zero-order valence-corrected chi connectivity index (χ0v) is 10.00. The van der Waals surface area contributed by atoms with Gasteiger partial charge in [-0.3, -0.25) is 4.68 Å². The summed E-state index contributed by atoms with van der Waals surface area (Å²) >= 11 is 0. The Labute approximate surface area is 89.3 Å². The number of nitrogens with zero attached hydrogens (tertiary/aromatic N) is 2. The molecule has 0 bridgehead atoms. The van der Waals surface area contributed by atoms with E-state index in [4.69, 9.17) is 5.14 Å². The van der Waals surface area contributed by atoms with Crippen molar-refractivity contribution >= 4 is 10.3 Å². The van der Waals surface area contributed by atoms with Crippen molar-refractivity contribution in [2.75, 3.05) is 0 Å². The van der Waals surface area contributed by atoms with Gasteiger partial charge < -0.3 is 4.18 Å². The Bertz CT molecular complexity index is 456. The number of aryl methyl sites for hydroxylation is 1. The summed E-state index contributed by atoms with van der Waals surface area (Å²) in [5, 5.41) is 8.94. The molecule has 2 N–H and O–H groups in total. The largest absolute Gasteiger partial charge is 0.380 e. The Morgan fingerprint density at radius 1 is 1.47 bits per heavy atom. The van der Waals surface area contributed by atoms with Crippen molar-refractivity contribution < 1.29 is 12.6 Å². The summed E-state index contributed by atoms with van der Waals surface area (Å²) in [6.45, 7) is 5.72. The highest BCUT2D eigenvalue weighted by atomic mass is 32.2. The molecule has 0 aliphatic rings. The molecule has 1 aromatic rings. The normalized spacial score (nSPS) is 12.9. The molecule has 0 atom stereocenters. The first kappa shape index (κ1) is 12.0. The summed E-state index contributed by atoms with van der Waals surface area (Å²) in [7, 11) is -2.31. The van der Waals surface area contributed by atoms with E-state index in [-0.39, 0.29) is 11.2 Å². The molecule has 0 saturated carbocycles. The Morgan fingerprint density at radius 2 is 2.00 bits per heavy atom. The summed E-state index contributed by atoms with van der Waals surface area (Å²) in [4.78, 5) is 0. The van der Waals surface area contributed by atoms with E-state index in [1.807, 2.05) is 20.8 Å². The van der Waals surface area contributed by atoms with E-state index in [1.165, 1.54) is 10.9 Å². The minimum Gasteiger partial charge on any atom is -0.367 e. The first-order valence-electron chi connectivity index (χ1n) is 4.36. The third kappa shape index (κ3) is 3.21. The van der Waals surface area contributed by atoms with Gasteiger partial charge in [-0.15, -0.1) is 0 Å². The lowest BCUT2D eigenvalue weighted by Crippen LogP contribution is -2.21. The molecule has 15 heavy (non-hydrogen) atoms. The summed E-state index contributed by atoms with van der Waals surface area (Å²) in [6, 6.07) is 0. The van der Waals surface area contributed by atoms with E-state index in [1.54, 1.807) is 7.05 Å². The minimum atomic E-state index is -4.00. The second-order valence-corrected chi connectivity index (χ2v) is 5.49. The molecule has 0 aliphatic heterocycles. The van der Waals surface area contributed by atoms with Crippen molar-refractivity contribution in [3.63, 3.8) is 0 Å². The van der Waals surface area contributed by atoms with Gasteiger partial charge in [0, 0.05) is 12.5 Å². The number of hydrogen-bond acceptors (Lipinski definition) is 4. The lowest BCUT2D eigenvalue weighted by Gasteiger charge is -2.16. The first-order chi connectivity index (χ1) is 6.59. The number of rotatable bonds is 2. The van der Waals surface area contributed by atoms with E-state index in [0.717, 1.165) is 0 Å². The molecule has 0 radical (unpaired) electrons. The zero-order valence-electron chi connectivity index (χ0n) is 9.18. The molecule has 0 fully saturated rings. The van der Waals surface area contributed by atoms with Crippen LogP contribution >= 0.6 is 0 Å². The van der Waals surface area contributed by atoms with Gasteiger partial charge in [0.05, 0.1) is 6.20 Å². The predicted molar refractivity (Wildman–Crippen MR) is 55.6 cm³/mol. The van der Waals surface area contributed by atoms with Crippen molar-refractivity contribution in [3.05, 3.63) is 11.9 Å². The monoisotopic (exact) mass is 233 g/mol. The average Bonchev–Trinajstić information content (AvgIpc) is 2.25. The van der Waals surface area contributed by atoms with Crippen molar-refractivity contribution in [2.24, 2.45) is 12.2 Å². The average molecular weight is 233 g/mol. The quantitative estimate of drug-likeness (QED) is 0.795. The molecule has 1 heterocycles. The van der Waals surface area contributed by atoms with Crippen LogP contribution in [-0.4, -0.2) is 18.2 Å². The van der Waals surface area contributed by atoms with Gasteiger partial charge in [-0.1, -0.05) is 20.8 Å². The van der Waals surface area contributed by atoms with Crippen molar-refractivity contribution in [2.45, 2.75) is 26.2 Å². The third-order valence-electron chi connectivity index (χ3n) is 1.71. The summed E-state index contributed by atoms with van der Waals surface area (Å²) in [6.07, 6.45) is 1.48. The van der Waals surface area contributed by atoms with Crippen LogP contribution in [0.1, 0.15) is 26.5 Å². The second-order valence-electron chi connectivity index (χ2n) is 4.34. The van der Waals surface area contributed by atoms with Crippen LogP contribution < -0.4 is 9.32 Å². The van der Waals surface area contributed by atoms with E-state index in [9.17, 15) is 8.42 Å². The molecule has 86 valence electrons. The fourth-order valence-electron chi connectivity index (χ4n) is 1.17. The Morgan fingerprint density at radius 3 is 2.40 bits per heavy atom. The van der Waals surface area contributed by atoms with E-state index < -0.39 is 10.3 Å². The Kier molecular flexibility index (Phi) is 2.79. The summed E-state index contributed by atoms with van der Waals surface area (Å²) < 4.78 is 27.7. The minimum absolute atomic E-state index is 0.174. The predicted octanol–water partition coefficient (Wildman–Crippen LogP) is 0.300. The Hall–Kier alpha value is -1.08. The van der Waals surface area contributed by atoms with E-state index in [0.29, 0.717) is 5.69 Å². The van der Waals surface area contributed by atoms with Crippen LogP contribution in [0.5, 0.6) is 5.75 Å². The number of nitrogens with two attached hydrogens (primary N) is 1. The van der Waals surface area contributed by atoms with Gasteiger partial charge >= 0.3 is 10.3 Å². The van der Waals surface area contributed by atoms with E-state index in [2.05, 4.69) is 9.28 Å². The van der Waals surface area contributed by atoms with Gasteiger partial charge in [0.1, 0.15) is 5.69 Å². The van der Waals surface area contributed by atoms with Crippen LogP contribution in [0.25, 0.3) is 0 Å². The highest BCUT2D eigenvalue weighted by molar-refractivity contribution is 7.84. The molecule has 0 aromatic carbocycles. The maximum Gasteiger partial charge on any atom is 0.380 e. The maximum atomic E-state index is 10.8. The van der Waals surface area contributed by atoms with E-state index >= 15 is 0 Å². The Balaban J connectivity index is 3.19. The lowest BCUT2D eigenvalue weighted by molar-refractivity contribution is 0.469. The van der Waals surface area contributed by atoms with Crippen LogP contribution in [0, 0.1) is 0 Å². The molecule has 0 saturated heterocycles. The summed E-state index contributed by atoms with van der Waals surface area (Å²) in [5.74, 6) is 0.174. The van der Waals surface area contributed by atoms with Crippen LogP contribution in [-0.2, 0) is 22.8 Å². The number of aromatic nitrogens is 2. The lowest BCUT2D eigenvalue weighted by atomic mass is 9.92. The maximum absolute atomic E-state index is 10.8. The first-order valence-corrected chi connectivity index (χ1v) is 5.83. The standard InChI is InChI=1S/C8H15N3O3S/c1-8(2,3)7-6(5-11(4)10-7)14-15(9,12)13/h5H,1-4H3,(H2,9,12,13). The molecule has 0 spiro atoms. The SMILES string of the molecule is Cn1cc(OS(N)(=O)=O)c(C(C)(C)C)n1. The van der Waals surface area contributed by atoms with Gasteiger partial charge in [0.25, 0.3) is 0 Å².